The van der Waals surface area contributed by atoms with Crippen LogP contribution >= 0.6 is 0 Å². The smallest absolute Gasteiger partial charge is 0.0967 e. The maximum atomic E-state index is 4.36. The molecule has 0 aliphatic carbocycles. The van der Waals surface area contributed by atoms with Gasteiger partial charge in [-0.05, 0) is 12.0 Å². The average Bonchev–Trinajstić information content (AvgIpc) is 2.83. The number of aryl methyl sites for hydroxylation is 1. The third-order valence-corrected chi connectivity index (χ3v) is 2.24. The van der Waals surface area contributed by atoms with Crippen LogP contribution < -0.4 is 5.32 Å². The van der Waals surface area contributed by atoms with Crippen molar-refractivity contribution in [1.29, 1.82) is 0 Å². The molecule has 0 spiro atoms. The SMILES string of the molecule is CC.c1ccc(CCC2=NCCN2)cc1. The Balaban J connectivity index is 0.000000531. The largest absolute Gasteiger partial charge is 0.372 e. The molecule has 0 amide bonds. The van der Waals surface area contributed by atoms with Crippen LogP contribution in [0.15, 0.2) is 35.3 Å². The predicted octanol–water partition coefficient (Wildman–Crippen LogP) is 2.65. The monoisotopic (exact) mass is 204 g/mol. The molecule has 2 nitrogen and oxygen atoms in total. The summed E-state index contributed by atoms with van der Waals surface area (Å²) in [7, 11) is 0. The van der Waals surface area contributed by atoms with Gasteiger partial charge in [0.2, 0.25) is 0 Å². The molecule has 0 radical (unpaired) electrons. The zero-order valence-corrected chi connectivity index (χ0v) is 9.66. The zero-order valence-electron chi connectivity index (χ0n) is 9.66. The molecule has 0 atom stereocenters. The van der Waals surface area contributed by atoms with E-state index < -0.39 is 0 Å². The van der Waals surface area contributed by atoms with E-state index in [2.05, 4.69) is 40.6 Å². The fourth-order valence-electron chi connectivity index (χ4n) is 1.52. The first kappa shape index (κ1) is 11.8. The average molecular weight is 204 g/mol. The summed E-state index contributed by atoms with van der Waals surface area (Å²) >= 11 is 0. The van der Waals surface area contributed by atoms with Crippen LogP contribution in [0.5, 0.6) is 0 Å². The van der Waals surface area contributed by atoms with Crippen molar-refractivity contribution >= 4 is 5.84 Å². The summed E-state index contributed by atoms with van der Waals surface area (Å²) in [6.45, 7) is 5.97. The van der Waals surface area contributed by atoms with Gasteiger partial charge >= 0.3 is 0 Å². The van der Waals surface area contributed by atoms with E-state index in [1.54, 1.807) is 0 Å². The molecule has 1 aromatic rings. The van der Waals surface area contributed by atoms with Gasteiger partial charge in [-0.1, -0.05) is 44.2 Å². The van der Waals surface area contributed by atoms with Gasteiger partial charge in [0.25, 0.3) is 0 Å². The highest BCUT2D eigenvalue weighted by molar-refractivity contribution is 5.83. The van der Waals surface area contributed by atoms with Crippen LogP contribution in [0.3, 0.4) is 0 Å². The standard InChI is InChI=1S/C11H14N2.C2H6/c1-2-4-10(5-3-1)6-7-11-12-8-9-13-11;1-2/h1-5H,6-9H2,(H,12,13);1-2H3. The van der Waals surface area contributed by atoms with Crippen LogP contribution in [0.4, 0.5) is 0 Å². The second kappa shape index (κ2) is 7.04. The van der Waals surface area contributed by atoms with Crippen molar-refractivity contribution < 1.29 is 0 Å². The number of benzene rings is 1. The summed E-state index contributed by atoms with van der Waals surface area (Å²) in [5, 5.41) is 3.28. The molecule has 82 valence electrons. The molecule has 0 saturated carbocycles. The van der Waals surface area contributed by atoms with Crippen LogP contribution in [-0.4, -0.2) is 18.9 Å². The second-order valence-electron chi connectivity index (χ2n) is 3.24. The van der Waals surface area contributed by atoms with Crippen molar-refractivity contribution in [2.45, 2.75) is 26.7 Å². The number of amidine groups is 1. The predicted molar refractivity (Wildman–Crippen MR) is 66.4 cm³/mol. The van der Waals surface area contributed by atoms with Gasteiger partial charge in [0.15, 0.2) is 0 Å². The Kier molecular flexibility index (Phi) is 5.52. The first-order valence-electron chi connectivity index (χ1n) is 5.76. The van der Waals surface area contributed by atoms with E-state index in [9.17, 15) is 0 Å². The van der Waals surface area contributed by atoms with Gasteiger partial charge in [-0.15, -0.1) is 0 Å². The van der Waals surface area contributed by atoms with E-state index in [0.717, 1.165) is 25.9 Å². The van der Waals surface area contributed by atoms with E-state index in [1.807, 2.05) is 13.8 Å². The number of nitrogens with zero attached hydrogens (tertiary/aromatic N) is 1. The minimum Gasteiger partial charge on any atom is -0.372 e. The second-order valence-corrected chi connectivity index (χ2v) is 3.24. The molecule has 0 bridgehead atoms. The van der Waals surface area contributed by atoms with E-state index in [1.165, 1.54) is 11.4 Å². The fraction of sp³-hybridized carbons (Fsp3) is 0.462. The van der Waals surface area contributed by atoms with Crippen molar-refractivity contribution in [1.82, 2.24) is 5.32 Å². The Morgan fingerprint density at radius 1 is 1.13 bits per heavy atom. The maximum absolute atomic E-state index is 4.36. The molecule has 1 heterocycles. The van der Waals surface area contributed by atoms with Crippen molar-refractivity contribution in [2.24, 2.45) is 4.99 Å². The number of hydrogen-bond donors (Lipinski definition) is 1. The molecule has 0 fully saturated rings. The van der Waals surface area contributed by atoms with E-state index in [-0.39, 0.29) is 0 Å². The Hall–Kier alpha value is -1.31. The van der Waals surface area contributed by atoms with Crippen molar-refractivity contribution in [2.75, 3.05) is 13.1 Å². The van der Waals surface area contributed by atoms with Crippen molar-refractivity contribution in [3.8, 4) is 0 Å². The molecule has 2 heteroatoms. The van der Waals surface area contributed by atoms with Gasteiger partial charge in [-0.2, -0.15) is 0 Å². The molecule has 0 unspecified atom stereocenters. The summed E-state index contributed by atoms with van der Waals surface area (Å²) in [4.78, 5) is 4.36. The molecular formula is C13H20N2. The van der Waals surface area contributed by atoms with Gasteiger partial charge in [0, 0.05) is 13.0 Å². The third kappa shape index (κ3) is 4.15. The van der Waals surface area contributed by atoms with Gasteiger partial charge in [0.05, 0.1) is 12.4 Å². The number of hydrogen-bond acceptors (Lipinski definition) is 2. The molecule has 0 aromatic heterocycles. The van der Waals surface area contributed by atoms with Gasteiger partial charge in [-0.25, -0.2) is 0 Å². The summed E-state index contributed by atoms with van der Waals surface area (Å²) in [6, 6.07) is 10.5. The molecule has 0 saturated heterocycles. The Labute approximate surface area is 92.4 Å². The molecular weight excluding hydrogens is 184 g/mol. The molecule has 1 aromatic carbocycles. The lowest BCUT2D eigenvalue weighted by molar-refractivity contribution is 0.934. The normalized spacial score (nSPS) is 13.6. The third-order valence-electron chi connectivity index (χ3n) is 2.24. The zero-order chi connectivity index (χ0) is 10.9. The lowest BCUT2D eigenvalue weighted by atomic mass is 10.1. The Morgan fingerprint density at radius 3 is 2.47 bits per heavy atom. The van der Waals surface area contributed by atoms with Gasteiger partial charge < -0.3 is 5.32 Å². The van der Waals surface area contributed by atoms with Gasteiger partial charge in [-0.3, -0.25) is 4.99 Å². The topological polar surface area (TPSA) is 24.4 Å². The highest BCUT2D eigenvalue weighted by Gasteiger charge is 2.03. The quantitative estimate of drug-likeness (QED) is 0.804. The maximum Gasteiger partial charge on any atom is 0.0967 e. The lowest BCUT2D eigenvalue weighted by Gasteiger charge is -2.01. The Bertz CT molecular complexity index is 291. The Morgan fingerprint density at radius 2 is 1.87 bits per heavy atom. The van der Waals surface area contributed by atoms with Crippen LogP contribution in [0.2, 0.25) is 0 Å². The van der Waals surface area contributed by atoms with E-state index in [0.29, 0.717) is 0 Å². The molecule has 2 rings (SSSR count). The summed E-state index contributed by atoms with van der Waals surface area (Å²) in [5.41, 5.74) is 1.39. The summed E-state index contributed by atoms with van der Waals surface area (Å²) < 4.78 is 0. The van der Waals surface area contributed by atoms with Crippen LogP contribution in [0.1, 0.15) is 25.8 Å². The molecule has 1 aliphatic rings. The highest BCUT2D eigenvalue weighted by atomic mass is 15.1. The molecule has 15 heavy (non-hydrogen) atoms. The van der Waals surface area contributed by atoms with Crippen molar-refractivity contribution in [3.05, 3.63) is 35.9 Å². The van der Waals surface area contributed by atoms with E-state index >= 15 is 0 Å². The number of nitrogens with one attached hydrogen (secondary N) is 1. The minimum absolute atomic E-state index is 0.949. The number of aliphatic imine (C=N–C) groups is 1. The summed E-state index contributed by atoms with van der Waals surface area (Å²) in [6.07, 6.45) is 2.14. The van der Waals surface area contributed by atoms with Gasteiger partial charge in [0.1, 0.15) is 0 Å². The highest BCUT2D eigenvalue weighted by Crippen LogP contribution is 2.03. The first-order chi connectivity index (χ1) is 7.45. The van der Waals surface area contributed by atoms with Crippen LogP contribution in [-0.2, 0) is 6.42 Å². The van der Waals surface area contributed by atoms with Crippen LogP contribution in [0.25, 0.3) is 0 Å². The molecule has 1 N–H and O–H groups in total. The molecule has 1 aliphatic heterocycles. The summed E-state index contributed by atoms with van der Waals surface area (Å²) in [5.74, 6) is 1.17. The minimum atomic E-state index is 0.949. The van der Waals surface area contributed by atoms with E-state index in [4.69, 9.17) is 0 Å². The fourth-order valence-corrected chi connectivity index (χ4v) is 1.52. The lowest BCUT2D eigenvalue weighted by Crippen LogP contribution is -2.18. The van der Waals surface area contributed by atoms with Crippen molar-refractivity contribution in [3.63, 3.8) is 0 Å². The first-order valence-corrected chi connectivity index (χ1v) is 5.76. The van der Waals surface area contributed by atoms with Crippen LogP contribution in [0, 0.1) is 0 Å². The number of rotatable bonds is 3.